The van der Waals surface area contributed by atoms with Gasteiger partial charge in [0.1, 0.15) is 0 Å². The second-order valence-electron chi connectivity index (χ2n) is 4.89. The fraction of sp³-hybridized carbons (Fsp3) is 0.357. The lowest BCUT2D eigenvalue weighted by molar-refractivity contribution is 0.687. The maximum absolute atomic E-state index is 6.31. The Bertz CT molecular complexity index is 558. The average molecular weight is 262 g/mol. The summed E-state index contributed by atoms with van der Waals surface area (Å²) < 4.78 is 1.85. The molecular formula is C14H16ClN3. The van der Waals surface area contributed by atoms with E-state index in [0.29, 0.717) is 6.04 Å². The summed E-state index contributed by atoms with van der Waals surface area (Å²) in [5.41, 5.74) is 3.30. The number of hydrogen-bond donors (Lipinski definition) is 1. The third-order valence-corrected chi connectivity index (χ3v) is 3.52. The largest absolute Gasteiger partial charge is 0.310 e. The number of benzene rings is 1. The highest BCUT2D eigenvalue weighted by molar-refractivity contribution is 6.31. The van der Waals surface area contributed by atoms with E-state index in [-0.39, 0.29) is 0 Å². The first kappa shape index (κ1) is 11.8. The van der Waals surface area contributed by atoms with E-state index >= 15 is 0 Å². The van der Waals surface area contributed by atoms with Crippen molar-refractivity contribution in [2.24, 2.45) is 0 Å². The Morgan fingerprint density at radius 1 is 1.44 bits per heavy atom. The Morgan fingerprint density at radius 2 is 2.28 bits per heavy atom. The van der Waals surface area contributed by atoms with Gasteiger partial charge in [0.15, 0.2) is 0 Å². The molecule has 1 saturated carbocycles. The van der Waals surface area contributed by atoms with Crippen LogP contribution in [-0.2, 0) is 6.54 Å². The average Bonchev–Trinajstić information content (AvgIpc) is 3.08. The van der Waals surface area contributed by atoms with Crippen LogP contribution in [0.4, 0.5) is 0 Å². The first-order chi connectivity index (χ1) is 8.72. The molecule has 1 aromatic carbocycles. The molecule has 0 amide bonds. The van der Waals surface area contributed by atoms with Crippen molar-refractivity contribution in [1.29, 1.82) is 0 Å². The number of aromatic nitrogens is 2. The van der Waals surface area contributed by atoms with Gasteiger partial charge in [0, 0.05) is 23.8 Å². The van der Waals surface area contributed by atoms with E-state index in [1.165, 1.54) is 12.8 Å². The molecule has 3 nitrogen and oxygen atoms in total. The van der Waals surface area contributed by atoms with E-state index in [0.717, 1.165) is 28.4 Å². The van der Waals surface area contributed by atoms with Gasteiger partial charge in [0.2, 0.25) is 0 Å². The third kappa shape index (κ3) is 2.57. The molecular weight excluding hydrogens is 246 g/mol. The van der Waals surface area contributed by atoms with E-state index in [2.05, 4.69) is 22.5 Å². The Kier molecular flexibility index (Phi) is 3.10. The second-order valence-corrected chi connectivity index (χ2v) is 5.30. The number of aryl methyl sites for hydroxylation is 1. The first-order valence-electron chi connectivity index (χ1n) is 6.26. The van der Waals surface area contributed by atoms with Crippen molar-refractivity contribution < 1.29 is 0 Å². The Balaban J connectivity index is 1.79. The van der Waals surface area contributed by atoms with Gasteiger partial charge in [-0.25, -0.2) is 4.68 Å². The van der Waals surface area contributed by atoms with Crippen molar-refractivity contribution in [2.75, 3.05) is 0 Å². The summed E-state index contributed by atoms with van der Waals surface area (Å²) in [5, 5.41) is 8.55. The van der Waals surface area contributed by atoms with Gasteiger partial charge in [-0.05, 0) is 43.0 Å². The molecule has 1 N–H and O–H groups in total. The maximum Gasteiger partial charge on any atom is 0.0660 e. The van der Waals surface area contributed by atoms with Crippen molar-refractivity contribution in [1.82, 2.24) is 15.1 Å². The van der Waals surface area contributed by atoms with Crippen molar-refractivity contribution >= 4 is 11.6 Å². The summed E-state index contributed by atoms with van der Waals surface area (Å²) in [4.78, 5) is 0. The van der Waals surface area contributed by atoms with Crippen LogP contribution in [0.25, 0.3) is 5.69 Å². The van der Waals surface area contributed by atoms with Gasteiger partial charge < -0.3 is 5.32 Å². The molecule has 0 bridgehead atoms. The van der Waals surface area contributed by atoms with Crippen LogP contribution in [0.5, 0.6) is 0 Å². The molecule has 2 aromatic rings. The van der Waals surface area contributed by atoms with Crippen molar-refractivity contribution in [2.45, 2.75) is 32.4 Å². The minimum atomic E-state index is 0.703. The van der Waals surface area contributed by atoms with Gasteiger partial charge in [-0.2, -0.15) is 5.10 Å². The standard InChI is InChI=1S/C14H16ClN3/c1-10-7-17-18(9-10)13-5-2-11(14(15)6-13)8-16-12-3-4-12/h2,5-7,9,12,16H,3-4,8H2,1H3. The van der Waals surface area contributed by atoms with Crippen LogP contribution in [-0.4, -0.2) is 15.8 Å². The van der Waals surface area contributed by atoms with Crippen molar-refractivity contribution in [3.63, 3.8) is 0 Å². The highest BCUT2D eigenvalue weighted by Crippen LogP contribution is 2.23. The molecule has 0 atom stereocenters. The molecule has 1 fully saturated rings. The minimum absolute atomic E-state index is 0.703. The summed E-state index contributed by atoms with van der Waals surface area (Å²) >= 11 is 6.31. The topological polar surface area (TPSA) is 29.9 Å². The summed E-state index contributed by atoms with van der Waals surface area (Å²) in [6.45, 7) is 2.88. The van der Waals surface area contributed by atoms with Crippen molar-refractivity contribution in [3.05, 3.63) is 46.7 Å². The maximum atomic E-state index is 6.31. The van der Waals surface area contributed by atoms with Gasteiger partial charge in [-0.1, -0.05) is 17.7 Å². The van der Waals surface area contributed by atoms with E-state index in [4.69, 9.17) is 11.6 Å². The minimum Gasteiger partial charge on any atom is -0.310 e. The number of nitrogens with zero attached hydrogens (tertiary/aromatic N) is 2. The normalized spacial score (nSPS) is 15.0. The molecule has 1 aliphatic carbocycles. The summed E-state index contributed by atoms with van der Waals surface area (Å²) in [7, 11) is 0. The fourth-order valence-corrected chi connectivity index (χ4v) is 2.16. The van der Waals surface area contributed by atoms with Crippen LogP contribution < -0.4 is 5.32 Å². The van der Waals surface area contributed by atoms with Gasteiger partial charge in [0.25, 0.3) is 0 Å². The number of rotatable bonds is 4. The molecule has 1 heterocycles. The molecule has 4 heteroatoms. The lowest BCUT2D eigenvalue weighted by Crippen LogP contribution is -2.15. The molecule has 1 aromatic heterocycles. The van der Waals surface area contributed by atoms with Crippen LogP contribution in [0.2, 0.25) is 5.02 Å². The van der Waals surface area contributed by atoms with E-state index in [9.17, 15) is 0 Å². The quantitative estimate of drug-likeness (QED) is 0.917. The fourth-order valence-electron chi connectivity index (χ4n) is 1.92. The van der Waals surface area contributed by atoms with Crippen LogP contribution in [0.3, 0.4) is 0 Å². The van der Waals surface area contributed by atoms with Gasteiger partial charge in [0.05, 0.1) is 11.9 Å². The predicted molar refractivity (Wildman–Crippen MR) is 73.2 cm³/mol. The van der Waals surface area contributed by atoms with E-state index in [1.807, 2.05) is 30.1 Å². The zero-order valence-electron chi connectivity index (χ0n) is 10.4. The molecule has 0 unspecified atom stereocenters. The third-order valence-electron chi connectivity index (χ3n) is 3.17. The molecule has 0 aliphatic heterocycles. The van der Waals surface area contributed by atoms with Crippen LogP contribution in [0.1, 0.15) is 24.0 Å². The van der Waals surface area contributed by atoms with E-state index < -0.39 is 0 Å². The Labute approximate surface area is 112 Å². The van der Waals surface area contributed by atoms with Crippen LogP contribution in [0, 0.1) is 6.92 Å². The lowest BCUT2D eigenvalue weighted by Gasteiger charge is -2.08. The Morgan fingerprint density at radius 3 is 2.89 bits per heavy atom. The summed E-state index contributed by atoms with van der Waals surface area (Å²) in [6, 6.07) is 6.80. The monoisotopic (exact) mass is 261 g/mol. The van der Waals surface area contributed by atoms with Crippen LogP contribution in [0.15, 0.2) is 30.6 Å². The molecule has 0 spiro atoms. The molecule has 1 aliphatic rings. The number of halogens is 1. The molecule has 3 rings (SSSR count). The summed E-state index contributed by atoms with van der Waals surface area (Å²) in [5.74, 6) is 0. The predicted octanol–water partition coefficient (Wildman–Crippen LogP) is 3.09. The Hall–Kier alpha value is -1.32. The molecule has 94 valence electrons. The molecule has 0 saturated heterocycles. The highest BCUT2D eigenvalue weighted by Gasteiger charge is 2.20. The van der Waals surface area contributed by atoms with Crippen LogP contribution >= 0.6 is 11.6 Å². The van der Waals surface area contributed by atoms with Gasteiger partial charge >= 0.3 is 0 Å². The smallest absolute Gasteiger partial charge is 0.0660 e. The zero-order valence-corrected chi connectivity index (χ0v) is 11.1. The van der Waals surface area contributed by atoms with Gasteiger partial charge in [-0.15, -0.1) is 0 Å². The van der Waals surface area contributed by atoms with E-state index in [1.54, 1.807) is 0 Å². The highest BCUT2D eigenvalue weighted by atomic mass is 35.5. The first-order valence-corrected chi connectivity index (χ1v) is 6.63. The second kappa shape index (κ2) is 4.75. The lowest BCUT2D eigenvalue weighted by atomic mass is 10.2. The zero-order chi connectivity index (χ0) is 12.5. The molecule has 0 radical (unpaired) electrons. The number of hydrogen-bond acceptors (Lipinski definition) is 2. The SMILES string of the molecule is Cc1cnn(-c2ccc(CNC3CC3)c(Cl)c2)c1. The summed E-state index contributed by atoms with van der Waals surface area (Å²) in [6.07, 6.45) is 6.43. The van der Waals surface area contributed by atoms with Gasteiger partial charge in [-0.3, -0.25) is 0 Å². The number of nitrogens with one attached hydrogen (secondary N) is 1. The molecule has 18 heavy (non-hydrogen) atoms. The van der Waals surface area contributed by atoms with Crippen molar-refractivity contribution in [3.8, 4) is 5.69 Å².